The van der Waals surface area contributed by atoms with Crippen LogP contribution in [0.3, 0.4) is 0 Å². The molecule has 2 heterocycles. The number of rotatable bonds is 6. The molecule has 1 unspecified atom stereocenters. The highest BCUT2D eigenvalue weighted by molar-refractivity contribution is 6.30. The molecular formula is C23H22ClNO5. The Morgan fingerprint density at radius 3 is 2.73 bits per heavy atom. The lowest BCUT2D eigenvalue weighted by molar-refractivity contribution is -0.160. The van der Waals surface area contributed by atoms with Gasteiger partial charge in [0.15, 0.2) is 11.4 Å². The van der Waals surface area contributed by atoms with Crippen LogP contribution in [0.15, 0.2) is 53.1 Å². The van der Waals surface area contributed by atoms with Gasteiger partial charge in [0.05, 0.1) is 0 Å². The van der Waals surface area contributed by atoms with Crippen LogP contribution in [0.5, 0.6) is 11.5 Å². The van der Waals surface area contributed by atoms with Gasteiger partial charge >= 0.3 is 5.97 Å². The molecular weight excluding hydrogens is 406 g/mol. The summed E-state index contributed by atoms with van der Waals surface area (Å²) >= 11 is 5.87. The number of benzene rings is 2. The summed E-state index contributed by atoms with van der Waals surface area (Å²) in [5.41, 5.74) is 1.40. The summed E-state index contributed by atoms with van der Waals surface area (Å²) in [6, 6.07) is 14.5. The Bertz CT molecular complexity index is 1060. The molecule has 0 radical (unpaired) electrons. The number of halogens is 1. The number of carbonyl (C=O) groups is 1. The molecule has 4 rings (SSSR count). The van der Waals surface area contributed by atoms with E-state index in [4.69, 9.17) is 30.3 Å². The van der Waals surface area contributed by atoms with Crippen molar-refractivity contribution in [2.45, 2.75) is 45.5 Å². The van der Waals surface area contributed by atoms with Crippen molar-refractivity contribution in [3.8, 4) is 22.8 Å². The number of hydrogen-bond donors (Lipinski definition) is 0. The lowest BCUT2D eigenvalue weighted by Gasteiger charge is -2.24. The van der Waals surface area contributed by atoms with Crippen molar-refractivity contribution in [3.05, 3.63) is 64.8 Å². The standard InChI is InChI=1S/C23H22ClNO5/c1-14-10-16-11-15(4-9-20(16)28-14)21-12-18(25-30-21)13-27-22(26)23(2,3)29-19-7-5-17(24)6-8-19/h4-9,11-12,14H,10,13H2,1-3H3. The average molecular weight is 428 g/mol. The summed E-state index contributed by atoms with van der Waals surface area (Å²) in [7, 11) is 0. The van der Waals surface area contributed by atoms with Gasteiger partial charge < -0.3 is 18.7 Å². The SMILES string of the molecule is CC1Cc2cc(-c3cc(COC(=O)C(C)(C)Oc4ccc(Cl)cc4)no3)ccc2O1. The van der Waals surface area contributed by atoms with E-state index in [1.54, 1.807) is 44.2 Å². The van der Waals surface area contributed by atoms with E-state index < -0.39 is 11.6 Å². The average Bonchev–Trinajstić information content (AvgIpc) is 3.32. The summed E-state index contributed by atoms with van der Waals surface area (Å²) in [6.07, 6.45) is 1.04. The minimum absolute atomic E-state index is 0.0131. The first-order chi connectivity index (χ1) is 14.3. The van der Waals surface area contributed by atoms with Crippen LogP contribution in [0.1, 0.15) is 32.0 Å². The van der Waals surface area contributed by atoms with E-state index in [9.17, 15) is 4.79 Å². The van der Waals surface area contributed by atoms with Gasteiger partial charge in [-0.2, -0.15) is 0 Å². The molecule has 1 aromatic heterocycles. The summed E-state index contributed by atoms with van der Waals surface area (Å²) < 4.78 is 22.3. The molecule has 1 aliphatic rings. The van der Waals surface area contributed by atoms with Crippen molar-refractivity contribution in [2.75, 3.05) is 0 Å². The number of nitrogens with zero attached hydrogens (tertiary/aromatic N) is 1. The number of carbonyl (C=O) groups excluding carboxylic acids is 1. The molecule has 1 aliphatic heterocycles. The van der Waals surface area contributed by atoms with E-state index in [1.807, 2.05) is 25.1 Å². The van der Waals surface area contributed by atoms with Crippen LogP contribution >= 0.6 is 11.6 Å². The molecule has 30 heavy (non-hydrogen) atoms. The third-order valence-corrected chi connectivity index (χ3v) is 5.02. The van der Waals surface area contributed by atoms with Crippen LogP contribution in [-0.2, 0) is 22.6 Å². The zero-order chi connectivity index (χ0) is 21.3. The number of hydrogen-bond acceptors (Lipinski definition) is 6. The second-order valence-electron chi connectivity index (χ2n) is 7.78. The highest BCUT2D eigenvalue weighted by Crippen LogP contribution is 2.33. The van der Waals surface area contributed by atoms with Crippen LogP contribution in [0.4, 0.5) is 0 Å². The van der Waals surface area contributed by atoms with Crippen LogP contribution in [0.2, 0.25) is 5.02 Å². The third-order valence-electron chi connectivity index (χ3n) is 4.77. The molecule has 0 fully saturated rings. The predicted molar refractivity (Wildman–Crippen MR) is 112 cm³/mol. The maximum Gasteiger partial charge on any atom is 0.350 e. The monoisotopic (exact) mass is 427 g/mol. The van der Waals surface area contributed by atoms with E-state index in [2.05, 4.69) is 5.16 Å². The highest BCUT2D eigenvalue weighted by atomic mass is 35.5. The molecule has 3 aromatic rings. The number of aromatic nitrogens is 1. The number of ether oxygens (including phenoxy) is 3. The molecule has 0 saturated heterocycles. The zero-order valence-corrected chi connectivity index (χ0v) is 17.7. The fraction of sp³-hybridized carbons (Fsp3) is 0.304. The summed E-state index contributed by atoms with van der Waals surface area (Å²) in [4.78, 5) is 12.5. The molecule has 0 saturated carbocycles. The van der Waals surface area contributed by atoms with Gasteiger partial charge in [-0.15, -0.1) is 0 Å². The van der Waals surface area contributed by atoms with Crippen molar-refractivity contribution >= 4 is 17.6 Å². The maximum absolute atomic E-state index is 12.5. The lowest BCUT2D eigenvalue weighted by atomic mass is 10.1. The van der Waals surface area contributed by atoms with Crippen LogP contribution in [-0.4, -0.2) is 22.8 Å². The topological polar surface area (TPSA) is 70.8 Å². The molecule has 7 heteroatoms. The minimum atomic E-state index is -1.17. The Kier molecular flexibility index (Phi) is 5.43. The Hall–Kier alpha value is -2.99. The molecule has 1 atom stereocenters. The fourth-order valence-corrected chi connectivity index (χ4v) is 3.37. The van der Waals surface area contributed by atoms with Gasteiger partial charge in [-0.1, -0.05) is 16.8 Å². The summed E-state index contributed by atoms with van der Waals surface area (Å²) in [6.45, 7) is 5.32. The van der Waals surface area contributed by atoms with Crippen molar-refractivity contribution < 1.29 is 23.5 Å². The Balaban J connectivity index is 1.37. The fourth-order valence-electron chi connectivity index (χ4n) is 3.24. The maximum atomic E-state index is 12.5. The smallest absolute Gasteiger partial charge is 0.350 e. The first-order valence-electron chi connectivity index (χ1n) is 9.67. The Labute approximate surface area is 179 Å². The van der Waals surface area contributed by atoms with Crippen LogP contribution < -0.4 is 9.47 Å². The molecule has 0 spiro atoms. The molecule has 0 amide bonds. The van der Waals surface area contributed by atoms with Gasteiger partial charge in [-0.3, -0.25) is 0 Å². The van der Waals surface area contributed by atoms with Crippen molar-refractivity contribution in [3.63, 3.8) is 0 Å². The van der Waals surface area contributed by atoms with Crippen molar-refractivity contribution in [2.24, 2.45) is 0 Å². The van der Waals surface area contributed by atoms with Crippen molar-refractivity contribution in [1.29, 1.82) is 0 Å². The highest BCUT2D eigenvalue weighted by Gasteiger charge is 2.32. The Morgan fingerprint density at radius 1 is 1.20 bits per heavy atom. The van der Waals surface area contributed by atoms with E-state index >= 15 is 0 Å². The van der Waals surface area contributed by atoms with Gasteiger partial charge in [0, 0.05) is 23.1 Å². The van der Waals surface area contributed by atoms with E-state index in [0.29, 0.717) is 22.2 Å². The quantitative estimate of drug-likeness (QED) is 0.502. The van der Waals surface area contributed by atoms with Crippen molar-refractivity contribution in [1.82, 2.24) is 5.16 Å². The van der Waals surface area contributed by atoms with Gasteiger partial charge in [-0.25, -0.2) is 4.79 Å². The van der Waals surface area contributed by atoms with E-state index in [1.165, 1.54) is 0 Å². The predicted octanol–water partition coefficient (Wildman–Crippen LogP) is 5.22. The summed E-state index contributed by atoms with van der Waals surface area (Å²) in [5.74, 6) is 1.54. The molecule has 0 aliphatic carbocycles. The van der Waals surface area contributed by atoms with Crippen LogP contribution in [0, 0.1) is 0 Å². The van der Waals surface area contributed by atoms with Gasteiger partial charge in [0.25, 0.3) is 0 Å². The van der Waals surface area contributed by atoms with E-state index in [-0.39, 0.29) is 12.7 Å². The van der Waals surface area contributed by atoms with Gasteiger partial charge in [0.2, 0.25) is 0 Å². The third kappa shape index (κ3) is 4.44. The second-order valence-corrected chi connectivity index (χ2v) is 8.22. The lowest BCUT2D eigenvalue weighted by Crippen LogP contribution is -2.39. The first kappa shape index (κ1) is 20.3. The first-order valence-corrected chi connectivity index (χ1v) is 10.1. The number of fused-ring (bicyclic) bond motifs is 1. The van der Waals surface area contributed by atoms with Gasteiger partial charge in [0.1, 0.15) is 29.9 Å². The minimum Gasteiger partial charge on any atom is -0.490 e. The Morgan fingerprint density at radius 2 is 1.97 bits per heavy atom. The van der Waals surface area contributed by atoms with Gasteiger partial charge in [-0.05, 0) is 68.8 Å². The largest absolute Gasteiger partial charge is 0.490 e. The van der Waals surface area contributed by atoms with E-state index in [0.717, 1.165) is 23.3 Å². The zero-order valence-electron chi connectivity index (χ0n) is 17.0. The molecule has 0 N–H and O–H groups in total. The summed E-state index contributed by atoms with van der Waals surface area (Å²) in [5, 5.41) is 4.60. The van der Waals surface area contributed by atoms with Crippen LogP contribution in [0.25, 0.3) is 11.3 Å². The number of esters is 1. The molecule has 0 bridgehead atoms. The second kappa shape index (κ2) is 8.03. The molecule has 2 aromatic carbocycles. The molecule has 156 valence electrons. The normalized spacial score (nSPS) is 15.4. The molecule has 6 nitrogen and oxygen atoms in total.